The molecule has 0 atom stereocenters. The first-order chi connectivity index (χ1) is 8.66. The molecule has 1 amide bonds. The Hall–Kier alpha value is -0.850. The summed E-state index contributed by atoms with van der Waals surface area (Å²) in [5, 5.41) is 11.0. The number of halogens is 1. The van der Waals surface area contributed by atoms with E-state index in [1.54, 1.807) is 0 Å². The quantitative estimate of drug-likeness (QED) is 0.405. The molecule has 0 saturated carbocycles. The van der Waals surface area contributed by atoms with E-state index in [4.69, 9.17) is 26.2 Å². The van der Waals surface area contributed by atoms with Gasteiger partial charge in [-0.3, -0.25) is 9.59 Å². The maximum atomic E-state index is 11.1. The fraction of sp³-hybridized carbons (Fsp3) is 0.818. The monoisotopic (exact) mass is 281 g/mol. The number of carbonyl (C=O) groups is 2. The van der Waals surface area contributed by atoms with E-state index in [2.05, 4.69) is 5.32 Å². The van der Waals surface area contributed by atoms with Crippen molar-refractivity contribution in [1.29, 1.82) is 0 Å². The van der Waals surface area contributed by atoms with Crippen molar-refractivity contribution in [2.45, 2.75) is 19.3 Å². The van der Waals surface area contributed by atoms with Crippen LogP contribution in [0.5, 0.6) is 0 Å². The minimum Gasteiger partial charge on any atom is -0.481 e. The Morgan fingerprint density at radius 1 is 1.06 bits per heavy atom. The first-order valence-corrected chi connectivity index (χ1v) is 6.40. The fourth-order valence-electron chi connectivity index (χ4n) is 1.09. The predicted octanol–water partition coefficient (Wildman–Crippen LogP) is 0.629. The predicted molar refractivity (Wildman–Crippen MR) is 66.9 cm³/mol. The van der Waals surface area contributed by atoms with E-state index in [0.29, 0.717) is 45.3 Å². The number of nitrogens with one attached hydrogen (secondary N) is 1. The first-order valence-electron chi connectivity index (χ1n) is 5.86. The minimum absolute atomic E-state index is 0.0163. The molecule has 0 aromatic carbocycles. The molecule has 0 aliphatic carbocycles. The molecule has 0 spiro atoms. The van der Waals surface area contributed by atoms with E-state index in [9.17, 15) is 9.59 Å². The van der Waals surface area contributed by atoms with Crippen LogP contribution in [0.25, 0.3) is 0 Å². The van der Waals surface area contributed by atoms with Gasteiger partial charge >= 0.3 is 5.97 Å². The van der Waals surface area contributed by atoms with Crippen LogP contribution in [0.15, 0.2) is 0 Å². The number of amides is 1. The molecule has 0 aliphatic rings. The average Bonchev–Trinajstić information content (AvgIpc) is 2.34. The second-order valence-electron chi connectivity index (χ2n) is 3.51. The summed E-state index contributed by atoms with van der Waals surface area (Å²) in [6.45, 7) is 2.55. The second kappa shape index (κ2) is 12.6. The number of hydrogen-bond acceptors (Lipinski definition) is 4. The Bertz CT molecular complexity index is 237. The van der Waals surface area contributed by atoms with Crippen molar-refractivity contribution in [3.63, 3.8) is 0 Å². The highest BCUT2D eigenvalue weighted by Crippen LogP contribution is 1.89. The molecule has 0 rings (SSSR count). The van der Waals surface area contributed by atoms with Crippen molar-refractivity contribution in [2.24, 2.45) is 0 Å². The van der Waals surface area contributed by atoms with Crippen LogP contribution in [0.4, 0.5) is 0 Å². The van der Waals surface area contributed by atoms with Gasteiger partial charge in [0.2, 0.25) is 5.91 Å². The third-order valence-electron chi connectivity index (χ3n) is 1.95. The number of carboxylic acids is 1. The highest BCUT2D eigenvalue weighted by Gasteiger charge is 2.03. The van der Waals surface area contributed by atoms with Crippen LogP contribution in [0.1, 0.15) is 19.3 Å². The van der Waals surface area contributed by atoms with Crippen LogP contribution in [0.3, 0.4) is 0 Å². The van der Waals surface area contributed by atoms with Gasteiger partial charge in [-0.1, -0.05) is 0 Å². The van der Waals surface area contributed by atoms with Crippen molar-refractivity contribution in [1.82, 2.24) is 5.32 Å². The molecule has 0 radical (unpaired) electrons. The van der Waals surface area contributed by atoms with Gasteiger partial charge in [0, 0.05) is 25.5 Å². The molecule has 2 N–H and O–H groups in total. The maximum absolute atomic E-state index is 11.1. The van der Waals surface area contributed by atoms with E-state index in [-0.39, 0.29) is 18.7 Å². The summed E-state index contributed by atoms with van der Waals surface area (Å²) in [6.07, 6.45) is 0.566. The lowest BCUT2D eigenvalue weighted by Gasteiger charge is -2.06. The molecule has 7 heteroatoms. The number of carboxylic acid groups (broad SMARTS) is 1. The zero-order chi connectivity index (χ0) is 13.6. The zero-order valence-corrected chi connectivity index (χ0v) is 11.1. The van der Waals surface area contributed by atoms with E-state index >= 15 is 0 Å². The summed E-state index contributed by atoms with van der Waals surface area (Å²) in [5.74, 6) is -0.740. The van der Waals surface area contributed by atoms with E-state index in [1.807, 2.05) is 0 Å². The highest BCUT2D eigenvalue weighted by atomic mass is 35.5. The molecule has 106 valence electrons. The van der Waals surface area contributed by atoms with Crippen molar-refractivity contribution < 1.29 is 24.2 Å². The van der Waals surface area contributed by atoms with Crippen molar-refractivity contribution >= 4 is 23.5 Å². The normalized spacial score (nSPS) is 10.3. The third kappa shape index (κ3) is 13.2. The standard InChI is InChI=1S/C11H20ClNO5/c12-4-7-18-9-8-17-6-1-5-13-10(14)2-3-11(15)16/h1-9H2,(H,13,14)(H,15,16). The maximum Gasteiger partial charge on any atom is 0.303 e. The summed E-state index contributed by atoms with van der Waals surface area (Å²) < 4.78 is 10.3. The van der Waals surface area contributed by atoms with Gasteiger partial charge in [0.15, 0.2) is 0 Å². The highest BCUT2D eigenvalue weighted by molar-refractivity contribution is 6.17. The summed E-state index contributed by atoms with van der Waals surface area (Å²) in [7, 11) is 0. The Kier molecular flexibility index (Phi) is 12.0. The van der Waals surface area contributed by atoms with E-state index < -0.39 is 5.97 Å². The molecule has 0 bridgehead atoms. The van der Waals surface area contributed by atoms with Crippen LogP contribution in [0.2, 0.25) is 0 Å². The number of aliphatic carboxylic acids is 1. The van der Waals surface area contributed by atoms with Crippen molar-refractivity contribution in [3.8, 4) is 0 Å². The lowest BCUT2D eigenvalue weighted by molar-refractivity contribution is -0.138. The first kappa shape index (κ1) is 17.2. The number of hydrogen-bond donors (Lipinski definition) is 2. The van der Waals surface area contributed by atoms with Crippen LogP contribution >= 0.6 is 11.6 Å². The molecular weight excluding hydrogens is 262 g/mol. The number of carbonyl (C=O) groups excluding carboxylic acids is 1. The molecule has 6 nitrogen and oxygen atoms in total. The Morgan fingerprint density at radius 2 is 1.72 bits per heavy atom. The van der Waals surface area contributed by atoms with Gasteiger partial charge in [0.1, 0.15) is 0 Å². The average molecular weight is 282 g/mol. The third-order valence-corrected chi connectivity index (χ3v) is 2.10. The molecule has 0 aromatic heterocycles. The van der Waals surface area contributed by atoms with Gasteiger partial charge in [0.05, 0.1) is 26.2 Å². The molecule has 0 unspecified atom stereocenters. The molecule has 0 heterocycles. The molecule has 0 saturated heterocycles. The fourth-order valence-corrected chi connectivity index (χ4v) is 1.20. The smallest absolute Gasteiger partial charge is 0.303 e. The SMILES string of the molecule is O=C(O)CCC(=O)NCCCOCCOCCCl. The lowest BCUT2D eigenvalue weighted by atomic mass is 10.3. The summed E-state index contributed by atoms with van der Waals surface area (Å²) >= 11 is 5.41. The zero-order valence-electron chi connectivity index (χ0n) is 10.3. The molecule has 0 aromatic rings. The second-order valence-corrected chi connectivity index (χ2v) is 3.89. The van der Waals surface area contributed by atoms with Gasteiger partial charge in [-0.25, -0.2) is 0 Å². The van der Waals surface area contributed by atoms with Gasteiger partial charge < -0.3 is 19.9 Å². The van der Waals surface area contributed by atoms with Crippen molar-refractivity contribution in [3.05, 3.63) is 0 Å². The summed E-state index contributed by atoms with van der Waals surface area (Å²) in [4.78, 5) is 21.3. The van der Waals surface area contributed by atoms with E-state index in [1.165, 1.54) is 0 Å². The number of rotatable bonds is 12. The molecular formula is C11H20ClNO5. The summed E-state index contributed by atoms with van der Waals surface area (Å²) in [5.41, 5.74) is 0. The molecule has 0 aliphatic heterocycles. The Balaban J connectivity index is 3.15. The minimum atomic E-state index is -0.967. The van der Waals surface area contributed by atoms with Gasteiger partial charge in [-0.05, 0) is 6.42 Å². The number of alkyl halides is 1. The molecule has 18 heavy (non-hydrogen) atoms. The van der Waals surface area contributed by atoms with E-state index in [0.717, 1.165) is 0 Å². The number of ether oxygens (including phenoxy) is 2. The van der Waals surface area contributed by atoms with Gasteiger partial charge in [-0.15, -0.1) is 11.6 Å². The lowest BCUT2D eigenvalue weighted by Crippen LogP contribution is -2.25. The largest absolute Gasteiger partial charge is 0.481 e. The Morgan fingerprint density at radius 3 is 2.33 bits per heavy atom. The van der Waals surface area contributed by atoms with Gasteiger partial charge in [0.25, 0.3) is 0 Å². The van der Waals surface area contributed by atoms with Crippen LogP contribution < -0.4 is 5.32 Å². The van der Waals surface area contributed by atoms with Crippen LogP contribution in [-0.4, -0.2) is 55.8 Å². The topological polar surface area (TPSA) is 84.9 Å². The summed E-state index contributed by atoms with van der Waals surface area (Å²) in [6, 6.07) is 0. The van der Waals surface area contributed by atoms with Gasteiger partial charge in [-0.2, -0.15) is 0 Å². The van der Waals surface area contributed by atoms with Crippen molar-refractivity contribution in [2.75, 3.05) is 38.9 Å². The van der Waals surface area contributed by atoms with Crippen LogP contribution in [0, 0.1) is 0 Å². The van der Waals surface area contributed by atoms with Crippen LogP contribution in [-0.2, 0) is 19.1 Å². The Labute approximate surface area is 112 Å². The molecule has 0 fully saturated rings.